The molecule has 230 valence electrons. The molecular weight excluding hydrogens is 633 g/mol. The molecule has 4 N–H and O–H groups in total. The molecule has 14 heteroatoms. The lowest BCUT2D eigenvalue weighted by Gasteiger charge is -2.11. The first-order valence-corrected chi connectivity index (χ1v) is 15.4. The zero-order valence-electron chi connectivity index (χ0n) is 24.2. The number of nitrogen functional groups attached to an aromatic ring is 1. The number of sulfonamides is 1. The summed E-state index contributed by atoms with van der Waals surface area (Å²) in [6, 6.07) is 18.2. The SMILES string of the molecule is Cc1cc2cc(C(=O)c3cnn(-c4cnc(Oc5ccccc5F)cc4C)c3N)[nH]c2cc1NS(=O)(=O)c1cc(Cl)cc(C#N)c1. The maximum Gasteiger partial charge on any atom is 0.261 e. The molecule has 0 spiro atoms. The highest BCUT2D eigenvalue weighted by molar-refractivity contribution is 7.92. The Hall–Kier alpha value is -5.71. The van der Waals surface area contributed by atoms with Crippen molar-refractivity contribution in [1.29, 1.82) is 5.26 Å². The molecule has 0 aliphatic heterocycles. The van der Waals surface area contributed by atoms with Crippen LogP contribution < -0.4 is 15.2 Å². The number of nitrogens with zero attached hydrogens (tertiary/aromatic N) is 4. The van der Waals surface area contributed by atoms with Crippen molar-refractivity contribution >= 4 is 49.8 Å². The van der Waals surface area contributed by atoms with Crippen molar-refractivity contribution in [2.45, 2.75) is 18.7 Å². The van der Waals surface area contributed by atoms with E-state index in [1.54, 1.807) is 50.2 Å². The maximum atomic E-state index is 14.0. The average molecular weight is 656 g/mol. The van der Waals surface area contributed by atoms with Gasteiger partial charge in [0.05, 0.1) is 51.6 Å². The fourth-order valence-electron chi connectivity index (χ4n) is 4.82. The molecule has 6 aromatic rings. The van der Waals surface area contributed by atoms with Gasteiger partial charge in [-0.1, -0.05) is 23.7 Å². The fraction of sp³-hybridized carbons (Fsp3) is 0.0625. The predicted octanol–water partition coefficient (Wildman–Crippen LogP) is 6.44. The van der Waals surface area contributed by atoms with Crippen LogP contribution in [0.4, 0.5) is 15.9 Å². The van der Waals surface area contributed by atoms with E-state index in [9.17, 15) is 22.9 Å². The summed E-state index contributed by atoms with van der Waals surface area (Å²) in [6.07, 6.45) is 2.81. The van der Waals surface area contributed by atoms with E-state index < -0.39 is 21.6 Å². The van der Waals surface area contributed by atoms with Gasteiger partial charge >= 0.3 is 0 Å². The number of fused-ring (bicyclic) bond motifs is 1. The van der Waals surface area contributed by atoms with Crippen molar-refractivity contribution in [3.05, 3.63) is 118 Å². The van der Waals surface area contributed by atoms with Gasteiger partial charge in [0.1, 0.15) is 5.82 Å². The summed E-state index contributed by atoms with van der Waals surface area (Å²) in [5.74, 6) is -0.695. The number of pyridine rings is 1. The third-order valence-corrected chi connectivity index (χ3v) is 8.72. The second-order valence-electron chi connectivity index (χ2n) is 10.4. The molecular formula is C32H23ClFN7O4S. The first-order valence-electron chi connectivity index (χ1n) is 13.6. The van der Waals surface area contributed by atoms with E-state index in [2.05, 4.69) is 19.8 Å². The summed E-state index contributed by atoms with van der Waals surface area (Å²) in [5, 5.41) is 14.3. The number of H-pyrrole nitrogens is 1. The minimum atomic E-state index is -4.09. The lowest BCUT2D eigenvalue weighted by atomic mass is 10.1. The van der Waals surface area contributed by atoms with Gasteiger partial charge in [-0.3, -0.25) is 9.52 Å². The molecule has 0 fully saturated rings. The zero-order valence-corrected chi connectivity index (χ0v) is 25.7. The lowest BCUT2D eigenvalue weighted by molar-refractivity contribution is 0.103. The van der Waals surface area contributed by atoms with Crippen molar-refractivity contribution in [3.63, 3.8) is 0 Å². The quantitative estimate of drug-likeness (QED) is 0.157. The summed E-state index contributed by atoms with van der Waals surface area (Å²) >= 11 is 6.01. The molecule has 0 radical (unpaired) electrons. The number of aromatic amines is 1. The molecule has 3 aromatic carbocycles. The van der Waals surface area contributed by atoms with Crippen LogP contribution in [-0.4, -0.2) is 33.9 Å². The van der Waals surface area contributed by atoms with Crippen LogP contribution in [0.1, 0.15) is 32.7 Å². The molecule has 3 heterocycles. The van der Waals surface area contributed by atoms with Crippen molar-refractivity contribution in [3.8, 4) is 23.4 Å². The molecule has 0 amide bonds. The van der Waals surface area contributed by atoms with Gasteiger partial charge in [-0.2, -0.15) is 10.4 Å². The Balaban J connectivity index is 1.26. The van der Waals surface area contributed by atoms with E-state index in [4.69, 9.17) is 22.1 Å². The smallest absolute Gasteiger partial charge is 0.261 e. The number of aryl methyl sites for hydroxylation is 2. The molecule has 11 nitrogen and oxygen atoms in total. The number of para-hydroxylation sites is 1. The monoisotopic (exact) mass is 655 g/mol. The van der Waals surface area contributed by atoms with E-state index in [1.807, 2.05) is 6.07 Å². The van der Waals surface area contributed by atoms with Crippen molar-refractivity contribution < 1.29 is 22.3 Å². The summed E-state index contributed by atoms with van der Waals surface area (Å²) < 4.78 is 49.7. The number of anilines is 2. The number of nitriles is 1. The summed E-state index contributed by atoms with van der Waals surface area (Å²) in [7, 11) is -4.09. The number of nitrogens with two attached hydrogens (primary N) is 1. The fourth-order valence-corrected chi connectivity index (χ4v) is 6.31. The topological polar surface area (TPSA) is 169 Å². The number of aromatic nitrogens is 4. The van der Waals surface area contributed by atoms with Gasteiger partial charge in [-0.15, -0.1) is 0 Å². The number of benzene rings is 3. The lowest BCUT2D eigenvalue weighted by Crippen LogP contribution is -2.14. The third-order valence-electron chi connectivity index (χ3n) is 7.15. The van der Waals surface area contributed by atoms with E-state index in [-0.39, 0.29) is 49.9 Å². The number of nitrogens with one attached hydrogen (secondary N) is 2. The van der Waals surface area contributed by atoms with E-state index in [0.29, 0.717) is 27.7 Å². The van der Waals surface area contributed by atoms with Crippen molar-refractivity contribution in [2.24, 2.45) is 0 Å². The zero-order chi connectivity index (χ0) is 32.7. The van der Waals surface area contributed by atoms with Gasteiger partial charge in [0.2, 0.25) is 11.7 Å². The normalized spacial score (nSPS) is 11.4. The molecule has 0 saturated carbocycles. The van der Waals surface area contributed by atoms with E-state index >= 15 is 0 Å². The molecule has 0 saturated heterocycles. The number of carbonyl (C=O) groups excluding carboxylic acids is 1. The summed E-state index contributed by atoms with van der Waals surface area (Å²) in [5.41, 5.74) is 9.31. The molecule has 0 atom stereocenters. The van der Waals surface area contributed by atoms with Crippen LogP contribution in [0, 0.1) is 31.0 Å². The van der Waals surface area contributed by atoms with Gasteiger partial charge < -0.3 is 15.5 Å². The van der Waals surface area contributed by atoms with Gasteiger partial charge in [-0.05, 0) is 73.5 Å². The Labute approximate surface area is 267 Å². The highest BCUT2D eigenvalue weighted by Crippen LogP contribution is 2.30. The van der Waals surface area contributed by atoms with Crippen molar-refractivity contribution in [2.75, 3.05) is 10.5 Å². The number of rotatable bonds is 8. The van der Waals surface area contributed by atoms with Gasteiger partial charge in [-0.25, -0.2) is 22.5 Å². The maximum absolute atomic E-state index is 14.0. The Morgan fingerprint density at radius 2 is 1.87 bits per heavy atom. The molecule has 0 aliphatic rings. The minimum Gasteiger partial charge on any atom is -0.436 e. The first kappa shape index (κ1) is 30.3. The van der Waals surface area contributed by atoms with Crippen molar-refractivity contribution in [1.82, 2.24) is 19.7 Å². The van der Waals surface area contributed by atoms with Gasteiger partial charge in [0, 0.05) is 22.0 Å². The van der Waals surface area contributed by atoms with E-state index in [0.717, 1.165) is 0 Å². The van der Waals surface area contributed by atoms with Crippen LogP contribution in [0.2, 0.25) is 5.02 Å². The second-order valence-corrected chi connectivity index (χ2v) is 12.5. The Kier molecular flexibility index (Phi) is 7.69. The van der Waals surface area contributed by atoms with Crippen LogP contribution in [0.3, 0.4) is 0 Å². The van der Waals surface area contributed by atoms with Crippen LogP contribution in [0.5, 0.6) is 11.6 Å². The molecule has 0 aliphatic carbocycles. The van der Waals surface area contributed by atoms with Crippen LogP contribution >= 0.6 is 11.6 Å². The predicted molar refractivity (Wildman–Crippen MR) is 170 cm³/mol. The third kappa shape index (κ3) is 5.74. The molecule has 6 rings (SSSR count). The van der Waals surface area contributed by atoms with Crippen LogP contribution in [0.25, 0.3) is 16.6 Å². The Morgan fingerprint density at radius 1 is 1.09 bits per heavy atom. The number of carbonyl (C=O) groups is 1. The molecule has 46 heavy (non-hydrogen) atoms. The highest BCUT2D eigenvalue weighted by atomic mass is 35.5. The number of halogens is 2. The van der Waals surface area contributed by atoms with Gasteiger partial charge in [0.25, 0.3) is 10.0 Å². The minimum absolute atomic E-state index is 0.0296. The molecule has 3 aromatic heterocycles. The average Bonchev–Trinajstić information content (AvgIpc) is 3.60. The Morgan fingerprint density at radius 3 is 2.61 bits per heavy atom. The second kappa shape index (κ2) is 11.7. The summed E-state index contributed by atoms with van der Waals surface area (Å²) in [4.78, 5) is 20.7. The largest absolute Gasteiger partial charge is 0.436 e. The molecule has 0 bridgehead atoms. The van der Waals surface area contributed by atoms with Crippen LogP contribution in [-0.2, 0) is 10.0 Å². The summed E-state index contributed by atoms with van der Waals surface area (Å²) in [6.45, 7) is 3.49. The van der Waals surface area contributed by atoms with Gasteiger partial charge in [0.15, 0.2) is 11.6 Å². The van der Waals surface area contributed by atoms with Crippen LogP contribution in [0.15, 0.2) is 84.0 Å². The standard InChI is InChI=1S/C32H23ClFN7O4S/c1-17-7-20-11-27(39-26(20)13-25(17)40-46(43,44)22-10-19(14-35)9-21(33)12-22)31(42)23-15-38-41(32(23)36)28-16-37-30(8-18(28)2)45-29-6-4-3-5-24(29)34/h3-13,15-16,39-40H,36H2,1-2H3. The molecule has 0 unspecified atom stereocenters. The number of ether oxygens (including phenoxy) is 1. The number of hydrogen-bond donors (Lipinski definition) is 3. The first-order chi connectivity index (χ1) is 21.9. The number of ketones is 1. The number of hydrogen-bond acceptors (Lipinski definition) is 8. The Bertz CT molecular complexity index is 2340. The highest BCUT2D eigenvalue weighted by Gasteiger charge is 2.22. The van der Waals surface area contributed by atoms with E-state index in [1.165, 1.54) is 47.4 Å².